The Labute approximate surface area is 168 Å². The molecule has 28 heavy (non-hydrogen) atoms. The van der Waals surface area contributed by atoms with Gasteiger partial charge in [-0.05, 0) is 42.3 Å². The fourth-order valence-electron chi connectivity index (χ4n) is 2.56. The summed E-state index contributed by atoms with van der Waals surface area (Å²) in [6, 6.07) is 8.96. The molecule has 0 saturated heterocycles. The van der Waals surface area contributed by atoms with Crippen LogP contribution in [0.3, 0.4) is 0 Å². The summed E-state index contributed by atoms with van der Waals surface area (Å²) in [4.78, 5) is 27.0. The van der Waals surface area contributed by atoms with E-state index in [0.29, 0.717) is 22.3 Å². The molecule has 0 radical (unpaired) electrons. The monoisotopic (exact) mass is 397 g/mol. The summed E-state index contributed by atoms with van der Waals surface area (Å²) < 4.78 is 5.23. The first-order valence-electron chi connectivity index (χ1n) is 8.64. The van der Waals surface area contributed by atoms with Gasteiger partial charge in [-0.1, -0.05) is 11.6 Å². The summed E-state index contributed by atoms with van der Waals surface area (Å²) >= 11 is 5.99. The van der Waals surface area contributed by atoms with Gasteiger partial charge in [0.2, 0.25) is 0 Å². The Morgan fingerprint density at radius 2 is 1.96 bits per heavy atom. The van der Waals surface area contributed by atoms with E-state index in [1.54, 1.807) is 36.8 Å². The van der Waals surface area contributed by atoms with E-state index in [1.165, 1.54) is 18.9 Å². The second-order valence-electron chi connectivity index (χ2n) is 6.09. The lowest BCUT2D eigenvalue weighted by molar-refractivity contribution is 0.102. The van der Waals surface area contributed by atoms with Gasteiger partial charge in [0, 0.05) is 31.0 Å². The lowest BCUT2D eigenvalue weighted by Crippen LogP contribution is -2.22. The summed E-state index contributed by atoms with van der Waals surface area (Å²) in [5, 5.41) is 3.24. The van der Waals surface area contributed by atoms with Crippen LogP contribution in [0.15, 0.2) is 55.1 Å². The summed E-state index contributed by atoms with van der Waals surface area (Å²) in [6.07, 6.45) is 7.44. The molecule has 8 heteroatoms. The number of nitrogens with one attached hydrogen (secondary N) is 1. The minimum absolute atomic E-state index is 0.202. The molecule has 0 aliphatic rings. The number of nitrogens with zero attached hydrogens (tertiary/aromatic N) is 4. The van der Waals surface area contributed by atoms with Crippen molar-refractivity contribution in [2.24, 2.45) is 0 Å². The zero-order valence-corrected chi connectivity index (χ0v) is 16.3. The van der Waals surface area contributed by atoms with Crippen LogP contribution < -0.4 is 15.0 Å². The molecule has 1 amide bonds. The second kappa shape index (κ2) is 9.14. The highest BCUT2D eigenvalue weighted by molar-refractivity contribution is 6.31. The van der Waals surface area contributed by atoms with E-state index in [0.717, 1.165) is 13.0 Å². The number of amides is 1. The van der Waals surface area contributed by atoms with E-state index in [4.69, 9.17) is 16.3 Å². The molecular weight excluding hydrogens is 378 g/mol. The topological polar surface area (TPSA) is 80.2 Å². The molecule has 144 valence electrons. The predicted molar refractivity (Wildman–Crippen MR) is 109 cm³/mol. The molecule has 0 unspecified atom stereocenters. The van der Waals surface area contributed by atoms with Crippen LogP contribution in [0.5, 0.6) is 5.75 Å². The molecule has 1 N–H and O–H groups in total. The Hall–Kier alpha value is -3.19. The highest BCUT2D eigenvalue weighted by Gasteiger charge is 2.13. The number of likely N-dealkylation sites (N-methyl/N-ethyl adjacent to an activating group) is 1. The molecular formula is C20H20ClN5O2. The maximum atomic E-state index is 12.5. The number of carbonyl (C=O) groups is 1. The fraction of sp³-hybridized carbons (Fsp3) is 0.200. The van der Waals surface area contributed by atoms with Crippen LogP contribution in [0.2, 0.25) is 5.02 Å². The van der Waals surface area contributed by atoms with Crippen molar-refractivity contribution in [3.63, 3.8) is 0 Å². The highest BCUT2D eigenvalue weighted by atomic mass is 35.5. The number of ether oxygens (including phenoxy) is 1. The third kappa shape index (κ3) is 4.95. The molecule has 2 aromatic heterocycles. The first kappa shape index (κ1) is 19.6. The van der Waals surface area contributed by atoms with Gasteiger partial charge in [0.25, 0.3) is 5.91 Å². The molecule has 3 aromatic rings. The van der Waals surface area contributed by atoms with Gasteiger partial charge in [-0.25, -0.2) is 9.97 Å². The van der Waals surface area contributed by atoms with Crippen molar-refractivity contribution in [2.75, 3.05) is 30.9 Å². The van der Waals surface area contributed by atoms with Gasteiger partial charge in [-0.2, -0.15) is 0 Å². The van der Waals surface area contributed by atoms with Crippen molar-refractivity contribution in [3.05, 3.63) is 71.4 Å². The molecule has 0 aliphatic heterocycles. The molecule has 0 atom stereocenters. The number of hydrogen-bond donors (Lipinski definition) is 1. The van der Waals surface area contributed by atoms with Gasteiger partial charge in [-0.15, -0.1) is 0 Å². The number of methoxy groups -OCH3 is 1. The molecule has 0 saturated carbocycles. The van der Waals surface area contributed by atoms with Crippen LogP contribution in [0, 0.1) is 0 Å². The molecule has 3 rings (SSSR count). The standard InChI is InChI=1S/C20H20ClN5O2/c1-26(10-7-14-5-8-22-9-6-14)19-13-23-17(12-24-19)20(27)25-16-11-15(21)3-4-18(16)28-2/h3-6,8-9,11-13H,7,10H2,1-2H3,(H,25,27). The van der Waals surface area contributed by atoms with Crippen molar-refractivity contribution in [1.82, 2.24) is 15.0 Å². The van der Waals surface area contributed by atoms with Crippen LogP contribution in [0.1, 0.15) is 16.1 Å². The minimum atomic E-state index is -0.390. The summed E-state index contributed by atoms with van der Waals surface area (Å²) in [6.45, 7) is 0.768. The molecule has 2 heterocycles. The van der Waals surface area contributed by atoms with Gasteiger partial charge in [0.1, 0.15) is 17.3 Å². The SMILES string of the molecule is COc1ccc(Cl)cc1NC(=O)c1cnc(N(C)CCc2ccncc2)cn1. The normalized spacial score (nSPS) is 10.4. The van der Waals surface area contributed by atoms with Gasteiger partial charge < -0.3 is 15.0 Å². The number of carbonyl (C=O) groups excluding carboxylic acids is 1. The summed E-state index contributed by atoms with van der Waals surface area (Å²) in [5.74, 6) is 0.808. The molecule has 1 aromatic carbocycles. The number of pyridine rings is 1. The minimum Gasteiger partial charge on any atom is -0.495 e. The number of halogens is 1. The Kier molecular flexibility index (Phi) is 6.39. The lowest BCUT2D eigenvalue weighted by Gasteiger charge is -2.17. The average molecular weight is 398 g/mol. The average Bonchev–Trinajstić information content (AvgIpc) is 2.73. The maximum absolute atomic E-state index is 12.5. The zero-order chi connectivity index (χ0) is 19.9. The van der Waals surface area contributed by atoms with Crippen molar-refractivity contribution < 1.29 is 9.53 Å². The van der Waals surface area contributed by atoms with E-state index in [9.17, 15) is 4.79 Å². The molecule has 0 aliphatic carbocycles. The number of aromatic nitrogens is 3. The number of rotatable bonds is 7. The van der Waals surface area contributed by atoms with Crippen molar-refractivity contribution in [3.8, 4) is 5.75 Å². The third-order valence-electron chi connectivity index (χ3n) is 4.16. The third-order valence-corrected chi connectivity index (χ3v) is 4.39. The quantitative estimate of drug-likeness (QED) is 0.657. The molecule has 0 fully saturated rings. The van der Waals surface area contributed by atoms with E-state index < -0.39 is 0 Å². The van der Waals surface area contributed by atoms with Crippen molar-refractivity contribution in [2.45, 2.75) is 6.42 Å². The van der Waals surface area contributed by atoms with Crippen LogP contribution in [-0.4, -0.2) is 41.6 Å². The Morgan fingerprint density at radius 3 is 2.64 bits per heavy atom. The number of anilines is 2. The Morgan fingerprint density at radius 1 is 1.18 bits per heavy atom. The first-order chi connectivity index (χ1) is 13.6. The first-order valence-corrected chi connectivity index (χ1v) is 9.01. The zero-order valence-electron chi connectivity index (χ0n) is 15.6. The fourth-order valence-corrected chi connectivity index (χ4v) is 2.73. The van der Waals surface area contributed by atoms with Crippen molar-refractivity contribution >= 4 is 29.0 Å². The van der Waals surface area contributed by atoms with Crippen LogP contribution in [0.25, 0.3) is 0 Å². The summed E-state index contributed by atoms with van der Waals surface area (Å²) in [5.41, 5.74) is 1.87. The van der Waals surface area contributed by atoms with Crippen LogP contribution in [-0.2, 0) is 6.42 Å². The van der Waals surface area contributed by atoms with Gasteiger partial charge >= 0.3 is 0 Å². The smallest absolute Gasteiger partial charge is 0.275 e. The maximum Gasteiger partial charge on any atom is 0.275 e. The highest BCUT2D eigenvalue weighted by Crippen LogP contribution is 2.28. The molecule has 7 nitrogen and oxygen atoms in total. The second-order valence-corrected chi connectivity index (χ2v) is 6.52. The van der Waals surface area contributed by atoms with E-state index in [2.05, 4.69) is 20.3 Å². The number of benzene rings is 1. The molecule has 0 bridgehead atoms. The van der Waals surface area contributed by atoms with E-state index >= 15 is 0 Å². The van der Waals surface area contributed by atoms with Gasteiger partial charge in [0.05, 0.1) is 25.2 Å². The van der Waals surface area contributed by atoms with Gasteiger partial charge in [0.15, 0.2) is 0 Å². The van der Waals surface area contributed by atoms with E-state index in [-0.39, 0.29) is 11.6 Å². The van der Waals surface area contributed by atoms with Gasteiger partial charge in [-0.3, -0.25) is 9.78 Å². The summed E-state index contributed by atoms with van der Waals surface area (Å²) in [7, 11) is 3.46. The largest absolute Gasteiger partial charge is 0.495 e. The van der Waals surface area contributed by atoms with Crippen LogP contribution >= 0.6 is 11.6 Å². The lowest BCUT2D eigenvalue weighted by atomic mass is 10.2. The van der Waals surface area contributed by atoms with Crippen LogP contribution in [0.4, 0.5) is 11.5 Å². The molecule has 0 spiro atoms. The van der Waals surface area contributed by atoms with E-state index in [1.807, 2.05) is 24.1 Å². The predicted octanol–water partition coefficient (Wildman–Crippen LogP) is 3.46. The Balaban J connectivity index is 1.63. The Bertz CT molecular complexity index is 935. The number of hydrogen-bond acceptors (Lipinski definition) is 6. The van der Waals surface area contributed by atoms with Crippen molar-refractivity contribution in [1.29, 1.82) is 0 Å².